The van der Waals surface area contributed by atoms with Crippen molar-refractivity contribution in [3.8, 4) is 0 Å². The Bertz CT molecular complexity index is 887. The molecule has 7 heteroatoms. The molecule has 1 heterocycles. The quantitative estimate of drug-likeness (QED) is 0.773. The smallest absolute Gasteiger partial charge is 0.243 e. The predicted octanol–water partition coefficient (Wildman–Crippen LogP) is 2.98. The number of amides is 1. The number of benzene rings is 2. The minimum atomic E-state index is -3.51. The zero-order valence-electron chi connectivity index (χ0n) is 16.1. The van der Waals surface area contributed by atoms with Gasteiger partial charge in [0.25, 0.3) is 0 Å². The van der Waals surface area contributed by atoms with Crippen LogP contribution in [0.25, 0.3) is 0 Å². The van der Waals surface area contributed by atoms with Crippen LogP contribution in [0.15, 0.2) is 53.4 Å². The van der Waals surface area contributed by atoms with Crippen molar-refractivity contribution in [1.82, 2.24) is 4.31 Å². The number of morpholine rings is 1. The lowest BCUT2D eigenvalue weighted by Gasteiger charge is -2.26. The number of sulfonamides is 1. The molecule has 0 unspecified atom stereocenters. The third-order valence-corrected chi connectivity index (χ3v) is 6.65. The van der Waals surface area contributed by atoms with E-state index in [0.717, 1.165) is 12.8 Å². The van der Waals surface area contributed by atoms with Gasteiger partial charge in [0.05, 0.1) is 18.1 Å². The van der Waals surface area contributed by atoms with E-state index in [9.17, 15) is 13.2 Å². The summed E-state index contributed by atoms with van der Waals surface area (Å²) in [7, 11) is -3.51. The molecular weight excluding hydrogens is 376 g/mol. The number of carbonyl (C=O) groups excluding carboxylic acids is 1. The number of hydrogen-bond donors (Lipinski definition) is 1. The van der Waals surface area contributed by atoms with Crippen LogP contribution in [0.3, 0.4) is 0 Å². The lowest BCUT2D eigenvalue weighted by molar-refractivity contribution is -0.116. The van der Waals surface area contributed by atoms with Crippen LogP contribution in [0, 0.1) is 6.92 Å². The summed E-state index contributed by atoms with van der Waals surface area (Å²) in [5.41, 5.74) is 3.04. The topological polar surface area (TPSA) is 75.7 Å². The zero-order chi connectivity index (χ0) is 20.0. The maximum Gasteiger partial charge on any atom is 0.243 e. The molecule has 0 aliphatic carbocycles. The second-order valence-electron chi connectivity index (χ2n) is 6.93. The zero-order valence-corrected chi connectivity index (χ0v) is 16.9. The molecule has 150 valence electrons. The molecule has 0 bridgehead atoms. The van der Waals surface area contributed by atoms with E-state index in [0.29, 0.717) is 38.4 Å². The van der Waals surface area contributed by atoms with E-state index in [1.165, 1.54) is 27.6 Å². The van der Waals surface area contributed by atoms with E-state index in [2.05, 4.69) is 36.5 Å². The van der Waals surface area contributed by atoms with Crippen molar-refractivity contribution >= 4 is 21.6 Å². The second-order valence-corrected chi connectivity index (χ2v) is 8.87. The van der Waals surface area contributed by atoms with Crippen molar-refractivity contribution < 1.29 is 17.9 Å². The summed E-state index contributed by atoms with van der Waals surface area (Å²) in [5, 5.41) is 2.83. The minimum absolute atomic E-state index is 0.0732. The second kappa shape index (κ2) is 9.32. The molecule has 0 saturated carbocycles. The van der Waals surface area contributed by atoms with Gasteiger partial charge in [0.15, 0.2) is 0 Å². The number of rotatable bonds is 7. The van der Waals surface area contributed by atoms with Gasteiger partial charge in [0, 0.05) is 25.2 Å². The molecule has 1 amide bonds. The molecule has 0 spiro atoms. The normalized spacial score (nSPS) is 15.3. The molecule has 6 nitrogen and oxygen atoms in total. The number of carbonyl (C=O) groups is 1. The fourth-order valence-corrected chi connectivity index (χ4v) is 4.49. The first-order chi connectivity index (χ1) is 13.4. The molecule has 1 saturated heterocycles. The molecule has 0 radical (unpaired) electrons. The predicted molar refractivity (Wildman–Crippen MR) is 109 cm³/mol. The first-order valence-electron chi connectivity index (χ1n) is 9.48. The van der Waals surface area contributed by atoms with Gasteiger partial charge < -0.3 is 10.1 Å². The Balaban J connectivity index is 1.50. The van der Waals surface area contributed by atoms with Gasteiger partial charge in [0.2, 0.25) is 15.9 Å². The highest BCUT2D eigenvalue weighted by molar-refractivity contribution is 7.89. The fraction of sp³-hybridized carbons (Fsp3) is 0.381. The third kappa shape index (κ3) is 5.41. The van der Waals surface area contributed by atoms with Crippen LogP contribution >= 0.6 is 0 Å². The Hall–Kier alpha value is -2.22. The molecule has 2 aromatic carbocycles. The number of nitrogens with one attached hydrogen (secondary N) is 1. The van der Waals surface area contributed by atoms with E-state index < -0.39 is 10.0 Å². The summed E-state index contributed by atoms with van der Waals surface area (Å²) >= 11 is 0. The van der Waals surface area contributed by atoms with Crippen molar-refractivity contribution in [2.24, 2.45) is 0 Å². The molecule has 0 aromatic heterocycles. The molecular formula is C21H26N2O4S. The Morgan fingerprint density at radius 1 is 1.04 bits per heavy atom. The number of ether oxygens (including phenoxy) is 1. The Labute approximate surface area is 166 Å². The first-order valence-corrected chi connectivity index (χ1v) is 10.9. The summed E-state index contributed by atoms with van der Waals surface area (Å²) in [6.07, 6.45) is 2.03. The third-order valence-electron chi connectivity index (χ3n) is 4.74. The summed E-state index contributed by atoms with van der Waals surface area (Å²) in [6, 6.07) is 14.6. The summed E-state index contributed by atoms with van der Waals surface area (Å²) in [6.45, 7) is 3.60. The standard InChI is InChI=1S/C21H26N2O4S/c1-17-5-7-18(8-6-17)3-2-4-21(24)22-19-9-11-20(12-10-19)28(25,26)23-13-15-27-16-14-23/h5-12H,2-4,13-16H2,1H3,(H,22,24). The van der Waals surface area contributed by atoms with Crippen LogP contribution < -0.4 is 5.32 Å². The maximum atomic E-state index is 12.6. The maximum absolute atomic E-state index is 12.6. The first kappa shape index (κ1) is 20.5. The van der Waals surface area contributed by atoms with E-state index in [1.807, 2.05) is 0 Å². The van der Waals surface area contributed by atoms with Crippen LogP contribution in [0.5, 0.6) is 0 Å². The van der Waals surface area contributed by atoms with Gasteiger partial charge >= 0.3 is 0 Å². The largest absolute Gasteiger partial charge is 0.379 e. The summed E-state index contributed by atoms with van der Waals surface area (Å²) < 4.78 is 31.8. The van der Waals surface area contributed by atoms with Crippen LogP contribution in [0.1, 0.15) is 24.0 Å². The lowest BCUT2D eigenvalue weighted by Crippen LogP contribution is -2.40. The number of hydrogen-bond acceptors (Lipinski definition) is 4. The van der Waals surface area contributed by atoms with Gasteiger partial charge in [-0.15, -0.1) is 0 Å². The van der Waals surface area contributed by atoms with E-state index >= 15 is 0 Å². The van der Waals surface area contributed by atoms with Gasteiger partial charge in [-0.3, -0.25) is 4.79 Å². The Morgan fingerprint density at radius 3 is 2.32 bits per heavy atom. The number of anilines is 1. The molecule has 1 fully saturated rings. The van der Waals surface area contributed by atoms with Crippen LogP contribution in [0.4, 0.5) is 5.69 Å². The van der Waals surface area contributed by atoms with Crippen LogP contribution in [0.2, 0.25) is 0 Å². The van der Waals surface area contributed by atoms with Crippen molar-refractivity contribution in [2.75, 3.05) is 31.6 Å². The van der Waals surface area contributed by atoms with Gasteiger partial charge in [-0.1, -0.05) is 29.8 Å². The fourth-order valence-electron chi connectivity index (χ4n) is 3.08. The Morgan fingerprint density at radius 2 is 1.68 bits per heavy atom. The van der Waals surface area contributed by atoms with Crippen molar-refractivity contribution in [1.29, 1.82) is 0 Å². The average Bonchev–Trinajstić information content (AvgIpc) is 2.70. The molecule has 3 rings (SSSR count). The van der Waals surface area contributed by atoms with Gasteiger partial charge in [-0.05, 0) is 49.6 Å². The molecule has 1 aliphatic rings. The van der Waals surface area contributed by atoms with Crippen molar-refractivity contribution in [3.63, 3.8) is 0 Å². The molecule has 1 N–H and O–H groups in total. The summed E-state index contributed by atoms with van der Waals surface area (Å²) in [4.78, 5) is 12.4. The highest BCUT2D eigenvalue weighted by Gasteiger charge is 2.26. The van der Waals surface area contributed by atoms with Crippen LogP contribution in [-0.2, 0) is 26.0 Å². The van der Waals surface area contributed by atoms with Crippen molar-refractivity contribution in [2.45, 2.75) is 31.1 Å². The highest BCUT2D eigenvalue weighted by Crippen LogP contribution is 2.19. The Kier molecular flexibility index (Phi) is 6.83. The number of nitrogens with zero attached hydrogens (tertiary/aromatic N) is 1. The van der Waals surface area contributed by atoms with Gasteiger partial charge in [-0.2, -0.15) is 4.31 Å². The minimum Gasteiger partial charge on any atom is -0.379 e. The van der Waals surface area contributed by atoms with Gasteiger partial charge in [-0.25, -0.2) is 8.42 Å². The lowest BCUT2D eigenvalue weighted by atomic mass is 10.1. The SMILES string of the molecule is Cc1ccc(CCCC(=O)Nc2ccc(S(=O)(=O)N3CCOCC3)cc2)cc1. The number of aryl methyl sites for hydroxylation is 2. The molecule has 1 aliphatic heterocycles. The highest BCUT2D eigenvalue weighted by atomic mass is 32.2. The average molecular weight is 403 g/mol. The monoisotopic (exact) mass is 402 g/mol. The van der Waals surface area contributed by atoms with E-state index in [4.69, 9.17) is 4.74 Å². The summed E-state index contributed by atoms with van der Waals surface area (Å²) in [5.74, 6) is -0.0732. The van der Waals surface area contributed by atoms with Gasteiger partial charge in [0.1, 0.15) is 0 Å². The van der Waals surface area contributed by atoms with Crippen molar-refractivity contribution in [3.05, 3.63) is 59.7 Å². The molecule has 2 aromatic rings. The van der Waals surface area contributed by atoms with E-state index in [1.54, 1.807) is 12.1 Å². The van der Waals surface area contributed by atoms with Crippen LogP contribution in [-0.4, -0.2) is 44.9 Å². The molecule has 0 atom stereocenters. The van der Waals surface area contributed by atoms with E-state index in [-0.39, 0.29) is 10.8 Å². The molecule has 28 heavy (non-hydrogen) atoms.